The minimum atomic E-state index is -1.13. The summed E-state index contributed by atoms with van der Waals surface area (Å²) in [6.07, 6.45) is 3.73. The molecule has 45 heavy (non-hydrogen) atoms. The van der Waals surface area contributed by atoms with Crippen LogP contribution in [0, 0.1) is 5.92 Å². The van der Waals surface area contributed by atoms with E-state index in [0.717, 1.165) is 37.7 Å². The van der Waals surface area contributed by atoms with Gasteiger partial charge in [0.2, 0.25) is 11.8 Å². The van der Waals surface area contributed by atoms with Crippen molar-refractivity contribution >= 4 is 29.8 Å². The second-order valence-electron chi connectivity index (χ2n) is 11.6. The van der Waals surface area contributed by atoms with Gasteiger partial charge in [-0.05, 0) is 62.6 Å². The van der Waals surface area contributed by atoms with Crippen LogP contribution in [0.5, 0.6) is 0 Å². The summed E-state index contributed by atoms with van der Waals surface area (Å²) in [7, 11) is 0. The Morgan fingerprint density at radius 2 is 1.56 bits per heavy atom. The normalized spacial score (nSPS) is 17.6. The molecule has 2 aromatic carbocycles. The third kappa shape index (κ3) is 10.6. The summed E-state index contributed by atoms with van der Waals surface area (Å²) in [4.78, 5) is 67.2. The number of carbonyl (C=O) groups excluding carboxylic acids is 5. The van der Waals surface area contributed by atoms with Crippen molar-refractivity contribution in [2.45, 2.75) is 70.6 Å². The summed E-state index contributed by atoms with van der Waals surface area (Å²) in [6.45, 7) is 4.30. The molecule has 11 nitrogen and oxygen atoms in total. The molecule has 4 amide bonds. The Hall–Kier alpha value is -4.41. The molecule has 0 radical (unpaired) electrons. The minimum Gasteiger partial charge on any atom is -0.464 e. The van der Waals surface area contributed by atoms with Gasteiger partial charge in [0.15, 0.2) is 0 Å². The fourth-order valence-electron chi connectivity index (χ4n) is 5.76. The quantitative estimate of drug-likeness (QED) is 0.346. The smallest absolute Gasteiger partial charge is 0.410 e. The molecular formula is C34H44N4O7. The van der Waals surface area contributed by atoms with E-state index in [1.54, 1.807) is 47.1 Å². The monoisotopic (exact) mass is 620 g/mol. The number of amides is 4. The van der Waals surface area contributed by atoms with E-state index in [0.29, 0.717) is 44.1 Å². The van der Waals surface area contributed by atoms with Crippen LogP contribution in [0.1, 0.15) is 67.8 Å². The van der Waals surface area contributed by atoms with Gasteiger partial charge in [0.1, 0.15) is 12.6 Å². The van der Waals surface area contributed by atoms with Gasteiger partial charge >= 0.3 is 12.1 Å². The van der Waals surface area contributed by atoms with Crippen LogP contribution in [0.25, 0.3) is 0 Å². The first kappa shape index (κ1) is 33.5. The van der Waals surface area contributed by atoms with Gasteiger partial charge in [-0.15, -0.1) is 0 Å². The van der Waals surface area contributed by atoms with E-state index < -0.39 is 23.8 Å². The standard InChI is InChI=1S/C34H44N4O7/c1-2-44-33(42)29(36-32(41)27-12-7-4-8-13-27)22-30(39)35-28-14-9-19-38(23-28)31(40)16-15-25-17-20-37(21-18-25)34(43)45-24-26-10-5-3-6-11-26/h3-8,10-13,25,28-29H,2,9,14-24H2,1H3,(H,35,39)(H,36,41)/t28?,29-/m0/s1. The maximum absolute atomic E-state index is 13.1. The highest BCUT2D eigenvalue weighted by Gasteiger charge is 2.30. The van der Waals surface area contributed by atoms with Crippen molar-refractivity contribution in [1.82, 2.24) is 20.4 Å². The fraction of sp³-hybridized carbons (Fsp3) is 0.500. The molecular weight excluding hydrogens is 576 g/mol. The number of ether oxygens (including phenoxy) is 2. The average Bonchev–Trinajstić information content (AvgIpc) is 3.07. The van der Waals surface area contributed by atoms with Crippen molar-refractivity contribution in [2.24, 2.45) is 5.92 Å². The van der Waals surface area contributed by atoms with Gasteiger partial charge in [-0.25, -0.2) is 9.59 Å². The Labute approximate surface area is 264 Å². The predicted octanol–water partition coefficient (Wildman–Crippen LogP) is 3.67. The van der Waals surface area contributed by atoms with Crippen molar-refractivity contribution < 1.29 is 33.4 Å². The lowest BCUT2D eigenvalue weighted by Gasteiger charge is -2.34. The average molecular weight is 621 g/mol. The Morgan fingerprint density at radius 3 is 2.24 bits per heavy atom. The van der Waals surface area contributed by atoms with Crippen molar-refractivity contribution in [1.29, 1.82) is 0 Å². The van der Waals surface area contributed by atoms with E-state index >= 15 is 0 Å². The lowest BCUT2D eigenvalue weighted by molar-refractivity contribution is -0.147. The lowest BCUT2D eigenvalue weighted by Crippen LogP contribution is -2.51. The van der Waals surface area contributed by atoms with E-state index in [2.05, 4.69) is 10.6 Å². The summed E-state index contributed by atoms with van der Waals surface area (Å²) < 4.78 is 10.5. The van der Waals surface area contributed by atoms with Gasteiger partial charge < -0.3 is 29.9 Å². The van der Waals surface area contributed by atoms with Gasteiger partial charge in [0, 0.05) is 44.2 Å². The van der Waals surface area contributed by atoms with E-state index in [1.165, 1.54) is 0 Å². The van der Waals surface area contributed by atoms with Crippen molar-refractivity contribution in [3.05, 3.63) is 71.8 Å². The summed E-state index contributed by atoms with van der Waals surface area (Å²) in [6, 6.07) is 16.7. The fourth-order valence-corrected chi connectivity index (χ4v) is 5.76. The number of hydrogen-bond donors (Lipinski definition) is 2. The molecule has 0 bridgehead atoms. The van der Waals surface area contributed by atoms with Crippen LogP contribution in [-0.2, 0) is 30.5 Å². The number of benzene rings is 2. The third-order valence-corrected chi connectivity index (χ3v) is 8.29. The number of nitrogens with one attached hydrogen (secondary N) is 2. The first-order valence-electron chi connectivity index (χ1n) is 15.9. The number of esters is 1. The van der Waals surface area contributed by atoms with E-state index in [9.17, 15) is 24.0 Å². The van der Waals surface area contributed by atoms with Gasteiger partial charge in [-0.2, -0.15) is 0 Å². The lowest BCUT2D eigenvalue weighted by atomic mass is 9.92. The topological polar surface area (TPSA) is 134 Å². The molecule has 2 saturated heterocycles. The van der Waals surface area contributed by atoms with E-state index in [-0.39, 0.29) is 37.7 Å². The molecule has 2 aliphatic heterocycles. The molecule has 4 rings (SSSR count). The molecule has 2 aromatic rings. The van der Waals surface area contributed by atoms with E-state index in [1.807, 2.05) is 30.3 Å². The van der Waals surface area contributed by atoms with Crippen LogP contribution >= 0.6 is 0 Å². The summed E-state index contributed by atoms with van der Waals surface area (Å²) >= 11 is 0. The number of piperidine rings is 2. The van der Waals surface area contributed by atoms with Crippen LogP contribution in [0.2, 0.25) is 0 Å². The van der Waals surface area contributed by atoms with Crippen LogP contribution in [0.3, 0.4) is 0 Å². The highest BCUT2D eigenvalue weighted by molar-refractivity contribution is 5.98. The van der Waals surface area contributed by atoms with Crippen LogP contribution in [-0.4, -0.2) is 84.5 Å². The van der Waals surface area contributed by atoms with Gasteiger partial charge in [0.05, 0.1) is 13.0 Å². The molecule has 1 unspecified atom stereocenters. The second kappa shape index (κ2) is 17.2. The van der Waals surface area contributed by atoms with Crippen LogP contribution < -0.4 is 10.6 Å². The van der Waals surface area contributed by atoms with Crippen LogP contribution in [0.4, 0.5) is 4.79 Å². The maximum Gasteiger partial charge on any atom is 0.410 e. The molecule has 0 saturated carbocycles. The molecule has 2 atom stereocenters. The zero-order chi connectivity index (χ0) is 32.0. The first-order valence-corrected chi connectivity index (χ1v) is 15.9. The number of carbonyl (C=O) groups is 5. The number of hydrogen-bond acceptors (Lipinski definition) is 7. The number of likely N-dealkylation sites (tertiary alicyclic amines) is 2. The largest absolute Gasteiger partial charge is 0.464 e. The maximum atomic E-state index is 13.1. The summed E-state index contributed by atoms with van der Waals surface area (Å²) in [5.74, 6) is -1.12. The molecule has 0 aliphatic carbocycles. The Balaban J connectivity index is 1.17. The second-order valence-corrected chi connectivity index (χ2v) is 11.6. The van der Waals surface area contributed by atoms with Crippen LogP contribution in [0.15, 0.2) is 60.7 Å². The molecule has 242 valence electrons. The van der Waals surface area contributed by atoms with Crippen molar-refractivity contribution in [2.75, 3.05) is 32.8 Å². The molecule has 11 heteroatoms. The van der Waals surface area contributed by atoms with Gasteiger partial charge in [-0.3, -0.25) is 14.4 Å². The highest BCUT2D eigenvalue weighted by atomic mass is 16.6. The third-order valence-electron chi connectivity index (χ3n) is 8.29. The van der Waals surface area contributed by atoms with Gasteiger partial charge in [-0.1, -0.05) is 48.5 Å². The number of nitrogens with zero attached hydrogens (tertiary/aromatic N) is 2. The zero-order valence-electron chi connectivity index (χ0n) is 26.0. The zero-order valence-corrected chi connectivity index (χ0v) is 26.0. The van der Waals surface area contributed by atoms with E-state index in [4.69, 9.17) is 9.47 Å². The SMILES string of the molecule is CCOC(=O)[C@H](CC(=O)NC1CCCN(C(=O)CCC2CCN(C(=O)OCc3ccccc3)CC2)C1)NC(=O)c1ccccc1. The predicted molar refractivity (Wildman–Crippen MR) is 167 cm³/mol. The summed E-state index contributed by atoms with van der Waals surface area (Å²) in [5, 5.41) is 5.56. The number of rotatable bonds is 12. The first-order chi connectivity index (χ1) is 21.8. The molecule has 0 aromatic heterocycles. The summed E-state index contributed by atoms with van der Waals surface area (Å²) in [5.41, 5.74) is 1.33. The molecule has 2 fully saturated rings. The van der Waals surface area contributed by atoms with Crippen molar-refractivity contribution in [3.8, 4) is 0 Å². The molecule has 0 spiro atoms. The molecule has 2 aliphatic rings. The molecule has 2 heterocycles. The Bertz CT molecular complexity index is 1280. The minimum absolute atomic E-state index is 0.0539. The van der Waals surface area contributed by atoms with Gasteiger partial charge in [0.25, 0.3) is 5.91 Å². The Morgan fingerprint density at radius 1 is 0.867 bits per heavy atom. The van der Waals surface area contributed by atoms with Crippen molar-refractivity contribution in [3.63, 3.8) is 0 Å². The highest BCUT2D eigenvalue weighted by Crippen LogP contribution is 2.24. The Kier molecular flexibility index (Phi) is 12.8. The molecule has 2 N–H and O–H groups in total.